The van der Waals surface area contributed by atoms with Crippen molar-refractivity contribution in [2.75, 3.05) is 0 Å². The number of Topliss-reactive ketones (excluding diaryl/α,β-unsaturated/α-hetero) is 1. The molecule has 130 valence electrons. The number of hydrogen-bond donors (Lipinski definition) is 1. The van der Waals surface area contributed by atoms with Crippen LogP contribution in [0, 0.1) is 5.41 Å². The summed E-state index contributed by atoms with van der Waals surface area (Å²) in [6.07, 6.45) is 5.79. The molecule has 2 aliphatic carbocycles. The SMILES string of the molecule is O=C1c2ccccc2CC12CCC(c1ccc(S(=O)(=O)O)nc1)CC2. The topological polar surface area (TPSA) is 84.3 Å². The van der Waals surface area contributed by atoms with Crippen molar-refractivity contribution in [1.82, 2.24) is 4.98 Å². The van der Waals surface area contributed by atoms with Crippen molar-refractivity contribution in [3.8, 4) is 0 Å². The Balaban J connectivity index is 1.50. The number of pyridine rings is 1. The minimum atomic E-state index is -4.26. The lowest BCUT2D eigenvalue weighted by Crippen LogP contribution is -2.32. The van der Waals surface area contributed by atoms with E-state index < -0.39 is 10.1 Å². The van der Waals surface area contributed by atoms with E-state index in [0.29, 0.717) is 0 Å². The highest BCUT2D eigenvalue weighted by atomic mass is 32.2. The molecule has 0 saturated heterocycles. The van der Waals surface area contributed by atoms with Gasteiger partial charge in [0.25, 0.3) is 0 Å². The number of aromatic nitrogens is 1. The normalized spacial score (nSPS) is 26.0. The van der Waals surface area contributed by atoms with Crippen LogP contribution in [0.15, 0.2) is 47.6 Å². The van der Waals surface area contributed by atoms with E-state index in [4.69, 9.17) is 4.55 Å². The Morgan fingerprint density at radius 2 is 1.80 bits per heavy atom. The fourth-order valence-corrected chi connectivity index (χ4v) is 4.75. The molecular weight excluding hydrogens is 338 g/mol. The van der Waals surface area contributed by atoms with Gasteiger partial charge in [0.05, 0.1) is 0 Å². The van der Waals surface area contributed by atoms with Crippen LogP contribution in [-0.4, -0.2) is 23.7 Å². The molecule has 1 saturated carbocycles. The van der Waals surface area contributed by atoms with Gasteiger partial charge in [-0.3, -0.25) is 9.35 Å². The molecule has 1 aromatic carbocycles. The van der Waals surface area contributed by atoms with Gasteiger partial charge in [0, 0.05) is 17.2 Å². The van der Waals surface area contributed by atoms with Gasteiger partial charge in [-0.2, -0.15) is 8.42 Å². The highest BCUT2D eigenvalue weighted by Crippen LogP contribution is 2.50. The lowest BCUT2D eigenvalue weighted by molar-refractivity contribution is 0.0734. The number of ketones is 1. The van der Waals surface area contributed by atoms with Gasteiger partial charge in [-0.05, 0) is 55.2 Å². The average Bonchev–Trinajstić information content (AvgIpc) is 2.87. The van der Waals surface area contributed by atoms with Crippen molar-refractivity contribution in [2.24, 2.45) is 5.41 Å². The molecule has 1 heterocycles. The van der Waals surface area contributed by atoms with Crippen LogP contribution >= 0.6 is 0 Å². The predicted octanol–water partition coefficient (Wildman–Crippen LogP) is 3.41. The maximum atomic E-state index is 12.9. The molecule has 0 amide bonds. The van der Waals surface area contributed by atoms with E-state index >= 15 is 0 Å². The van der Waals surface area contributed by atoms with Crippen molar-refractivity contribution in [3.05, 3.63) is 59.3 Å². The molecular formula is C19H19NO4S. The van der Waals surface area contributed by atoms with Crippen LogP contribution in [0.4, 0.5) is 0 Å². The van der Waals surface area contributed by atoms with Crippen LogP contribution < -0.4 is 0 Å². The molecule has 0 aliphatic heterocycles. The monoisotopic (exact) mass is 357 g/mol. The average molecular weight is 357 g/mol. The molecule has 1 fully saturated rings. The first kappa shape index (κ1) is 16.4. The number of carbonyl (C=O) groups excluding carboxylic acids is 1. The Kier molecular flexibility index (Phi) is 3.77. The molecule has 0 unspecified atom stereocenters. The minimum Gasteiger partial charge on any atom is -0.294 e. The van der Waals surface area contributed by atoms with Gasteiger partial charge in [0.2, 0.25) is 0 Å². The Labute approximate surface area is 146 Å². The summed E-state index contributed by atoms with van der Waals surface area (Å²) in [6, 6.07) is 10.9. The highest BCUT2D eigenvalue weighted by molar-refractivity contribution is 7.85. The minimum absolute atomic E-state index is 0.262. The third kappa shape index (κ3) is 2.79. The van der Waals surface area contributed by atoms with E-state index in [0.717, 1.165) is 48.8 Å². The zero-order chi connectivity index (χ0) is 17.7. The Morgan fingerprint density at radius 3 is 2.40 bits per heavy atom. The van der Waals surface area contributed by atoms with Crippen LogP contribution in [0.3, 0.4) is 0 Å². The van der Waals surface area contributed by atoms with Crippen LogP contribution in [0.1, 0.15) is 53.1 Å². The number of hydrogen-bond acceptors (Lipinski definition) is 4. The number of nitrogens with zero attached hydrogens (tertiary/aromatic N) is 1. The summed E-state index contributed by atoms with van der Waals surface area (Å²) in [7, 11) is -4.26. The molecule has 25 heavy (non-hydrogen) atoms. The highest BCUT2D eigenvalue weighted by Gasteiger charge is 2.47. The lowest BCUT2D eigenvalue weighted by atomic mass is 9.67. The van der Waals surface area contributed by atoms with Crippen molar-refractivity contribution >= 4 is 15.9 Å². The third-order valence-corrected chi connectivity index (χ3v) is 6.48. The van der Waals surface area contributed by atoms with Crippen LogP contribution in [-0.2, 0) is 16.5 Å². The molecule has 2 aromatic rings. The van der Waals surface area contributed by atoms with Gasteiger partial charge in [-0.1, -0.05) is 30.3 Å². The van der Waals surface area contributed by atoms with E-state index in [1.165, 1.54) is 12.3 Å². The maximum absolute atomic E-state index is 12.9. The second-order valence-corrected chi connectivity index (χ2v) is 8.49. The first-order chi connectivity index (χ1) is 11.9. The predicted molar refractivity (Wildman–Crippen MR) is 92.2 cm³/mol. The number of rotatable bonds is 2. The molecule has 4 rings (SSSR count). The van der Waals surface area contributed by atoms with Gasteiger partial charge in [-0.25, -0.2) is 4.98 Å². The van der Waals surface area contributed by atoms with Gasteiger partial charge >= 0.3 is 10.1 Å². The van der Waals surface area contributed by atoms with Crippen molar-refractivity contribution in [1.29, 1.82) is 0 Å². The molecule has 1 aromatic heterocycles. The fraction of sp³-hybridized carbons (Fsp3) is 0.368. The van der Waals surface area contributed by atoms with Crippen LogP contribution in [0.5, 0.6) is 0 Å². The molecule has 1 N–H and O–H groups in total. The molecule has 0 radical (unpaired) electrons. The zero-order valence-electron chi connectivity index (χ0n) is 13.7. The second-order valence-electron chi connectivity index (χ2n) is 7.12. The van der Waals surface area contributed by atoms with E-state index in [1.54, 1.807) is 6.07 Å². The van der Waals surface area contributed by atoms with Gasteiger partial charge in [0.1, 0.15) is 0 Å². The van der Waals surface area contributed by atoms with Gasteiger partial charge < -0.3 is 0 Å². The summed E-state index contributed by atoms with van der Waals surface area (Å²) in [5, 5.41) is -0.329. The summed E-state index contributed by atoms with van der Waals surface area (Å²) in [5.74, 6) is 0.548. The summed E-state index contributed by atoms with van der Waals surface area (Å²) < 4.78 is 31.2. The standard InChI is InChI=1S/C19H19NO4S/c21-18-16-4-2-1-3-14(16)11-19(18)9-7-13(8-10-19)15-5-6-17(20-12-15)25(22,23)24/h1-6,12-13H,7-11H2,(H,22,23,24). The summed E-state index contributed by atoms with van der Waals surface area (Å²) in [4.78, 5) is 16.7. The maximum Gasteiger partial charge on any atom is 0.312 e. The molecule has 2 aliphatic rings. The Morgan fingerprint density at radius 1 is 1.08 bits per heavy atom. The molecule has 5 nitrogen and oxygen atoms in total. The molecule has 0 atom stereocenters. The Bertz CT molecular complexity index is 926. The Hall–Kier alpha value is -2.05. The largest absolute Gasteiger partial charge is 0.312 e. The van der Waals surface area contributed by atoms with Crippen molar-refractivity contribution < 1.29 is 17.8 Å². The quantitative estimate of drug-likeness (QED) is 0.833. The summed E-state index contributed by atoms with van der Waals surface area (Å²) >= 11 is 0. The van der Waals surface area contributed by atoms with Gasteiger partial charge in [0.15, 0.2) is 10.8 Å². The fourth-order valence-electron chi connectivity index (χ4n) is 4.32. The van der Waals surface area contributed by atoms with Crippen molar-refractivity contribution in [3.63, 3.8) is 0 Å². The first-order valence-corrected chi connectivity index (χ1v) is 9.89. The van der Waals surface area contributed by atoms with E-state index in [2.05, 4.69) is 4.98 Å². The second kappa shape index (κ2) is 5.75. The molecule has 0 bridgehead atoms. The number of carbonyl (C=O) groups is 1. The van der Waals surface area contributed by atoms with Crippen molar-refractivity contribution in [2.45, 2.75) is 43.0 Å². The first-order valence-electron chi connectivity index (χ1n) is 8.45. The van der Waals surface area contributed by atoms with E-state index in [-0.39, 0.29) is 22.1 Å². The number of fused-ring (bicyclic) bond motifs is 1. The van der Waals surface area contributed by atoms with E-state index in [1.807, 2.05) is 24.3 Å². The molecule has 6 heteroatoms. The number of benzene rings is 1. The van der Waals surface area contributed by atoms with Gasteiger partial charge in [-0.15, -0.1) is 0 Å². The smallest absolute Gasteiger partial charge is 0.294 e. The third-order valence-electron chi connectivity index (χ3n) is 5.71. The lowest BCUT2D eigenvalue weighted by Gasteiger charge is -2.36. The summed E-state index contributed by atoms with van der Waals surface area (Å²) in [5.41, 5.74) is 2.73. The molecule has 1 spiro atoms. The summed E-state index contributed by atoms with van der Waals surface area (Å²) in [6.45, 7) is 0. The van der Waals surface area contributed by atoms with Crippen LogP contribution in [0.25, 0.3) is 0 Å². The van der Waals surface area contributed by atoms with E-state index in [9.17, 15) is 13.2 Å². The zero-order valence-corrected chi connectivity index (χ0v) is 14.5. The van der Waals surface area contributed by atoms with Crippen LogP contribution in [0.2, 0.25) is 0 Å².